The first-order valence-electron chi connectivity index (χ1n) is 4.69. The molecule has 0 amide bonds. The number of rotatable bonds is 3. The van der Waals surface area contributed by atoms with Crippen LogP contribution in [0.25, 0.3) is 0 Å². The van der Waals surface area contributed by atoms with Gasteiger partial charge in [-0.05, 0) is 18.6 Å². The number of ether oxygens (including phenoxy) is 1. The highest BCUT2D eigenvalue weighted by Crippen LogP contribution is 2.17. The zero-order chi connectivity index (χ0) is 12.0. The van der Waals surface area contributed by atoms with Gasteiger partial charge in [-0.2, -0.15) is 5.26 Å². The van der Waals surface area contributed by atoms with Crippen LogP contribution in [0.2, 0.25) is 0 Å². The summed E-state index contributed by atoms with van der Waals surface area (Å²) in [7, 11) is 1.31. The Hall–Kier alpha value is -2.28. The molecule has 4 heteroatoms. The van der Waals surface area contributed by atoms with Gasteiger partial charge >= 0.3 is 5.97 Å². The zero-order valence-electron chi connectivity index (χ0n) is 9.15. The number of hydrogen-bond acceptors (Lipinski definition) is 4. The highest BCUT2D eigenvalue weighted by molar-refractivity contribution is 5.82. The molecule has 1 aromatic carbocycles. The van der Waals surface area contributed by atoms with Crippen molar-refractivity contribution in [2.24, 2.45) is 0 Å². The van der Waals surface area contributed by atoms with Crippen LogP contribution in [0.3, 0.4) is 0 Å². The number of nitrogens with one attached hydrogen (secondary N) is 1. The molecule has 0 saturated carbocycles. The fraction of sp³-hybridized carbons (Fsp3) is 0.167. The SMILES string of the molecule is COC(=O)/C=C/Nc1cccc(C)c1C#N. The topological polar surface area (TPSA) is 62.1 Å². The predicted molar refractivity (Wildman–Crippen MR) is 60.7 cm³/mol. The van der Waals surface area contributed by atoms with E-state index < -0.39 is 5.97 Å². The average Bonchev–Trinajstić information content (AvgIpc) is 2.29. The van der Waals surface area contributed by atoms with Crippen molar-refractivity contribution in [1.29, 1.82) is 5.26 Å². The van der Waals surface area contributed by atoms with Crippen molar-refractivity contribution in [2.75, 3.05) is 12.4 Å². The number of anilines is 1. The Labute approximate surface area is 94.1 Å². The molecule has 0 fully saturated rings. The molecule has 4 nitrogen and oxygen atoms in total. The van der Waals surface area contributed by atoms with Crippen molar-refractivity contribution in [2.45, 2.75) is 6.92 Å². The molecule has 0 saturated heterocycles. The van der Waals surface area contributed by atoms with Crippen LogP contribution >= 0.6 is 0 Å². The van der Waals surface area contributed by atoms with Crippen molar-refractivity contribution >= 4 is 11.7 Å². The van der Waals surface area contributed by atoms with E-state index in [1.807, 2.05) is 19.1 Å². The number of carbonyl (C=O) groups excluding carboxylic acids is 1. The first-order chi connectivity index (χ1) is 7.69. The van der Waals surface area contributed by atoms with E-state index >= 15 is 0 Å². The van der Waals surface area contributed by atoms with Crippen LogP contribution in [0.15, 0.2) is 30.5 Å². The molecule has 0 unspecified atom stereocenters. The molecule has 0 heterocycles. The highest BCUT2D eigenvalue weighted by Gasteiger charge is 2.02. The minimum atomic E-state index is -0.446. The van der Waals surface area contributed by atoms with E-state index in [-0.39, 0.29) is 0 Å². The monoisotopic (exact) mass is 216 g/mol. The van der Waals surface area contributed by atoms with Crippen LogP contribution in [-0.4, -0.2) is 13.1 Å². The minimum Gasteiger partial charge on any atom is -0.466 e. The van der Waals surface area contributed by atoms with E-state index in [4.69, 9.17) is 5.26 Å². The maximum absolute atomic E-state index is 10.8. The molecule has 0 aliphatic heterocycles. The Bertz CT molecular complexity index is 459. The molecular weight excluding hydrogens is 204 g/mol. The smallest absolute Gasteiger partial charge is 0.331 e. The van der Waals surface area contributed by atoms with Gasteiger partial charge in [-0.1, -0.05) is 12.1 Å². The van der Waals surface area contributed by atoms with Crippen LogP contribution in [0.5, 0.6) is 0 Å². The molecule has 0 aromatic heterocycles. The first kappa shape index (κ1) is 11.8. The van der Waals surface area contributed by atoms with Gasteiger partial charge < -0.3 is 10.1 Å². The number of carbonyl (C=O) groups is 1. The number of aryl methyl sites for hydroxylation is 1. The van der Waals surface area contributed by atoms with Gasteiger partial charge in [0.05, 0.1) is 18.4 Å². The summed E-state index contributed by atoms with van der Waals surface area (Å²) in [6, 6.07) is 7.57. The standard InChI is InChI=1S/C12H12N2O2/c1-9-4-3-5-11(10(9)8-13)14-7-6-12(15)16-2/h3-7,14H,1-2H3/b7-6+. The number of benzene rings is 1. The third kappa shape index (κ3) is 2.85. The molecule has 0 spiro atoms. The van der Waals surface area contributed by atoms with Crippen molar-refractivity contribution < 1.29 is 9.53 Å². The Morgan fingerprint density at radius 2 is 2.31 bits per heavy atom. The van der Waals surface area contributed by atoms with E-state index in [9.17, 15) is 4.79 Å². The van der Waals surface area contributed by atoms with E-state index in [0.29, 0.717) is 11.3 Å². The van der Waals surface area contributed by atoms with E-state index in [1.165, 1.54) is 19.4 Å². The summed E-state index contributed by atoms with van der Waals surface area (Å²) in [5.41, 5.74) is 2.12. The van der Waals surface area contributed by atoms with Gasteiger partial charge in [0.2, 0.25) is 0 Å². The quantitative estimate of drug-likeness (QED) is 0.619. The lowest BCUT2D eigenvalue weighted by atomic mass is 10.1. The zero-order valence-corrected chi connectivity index (χ0v) is 9.15. The Balaban J connectivity index is 2.83. The molecule has 1 N–H and O–H groups in total. The van der Waals surface area contributed by atoms with Gasteiger partial charge in [-0.25, -0.2) is 4.79 Å². The van der Waals surface area contributed by atoms with Crippen molar-refractivity contribution in [3.8, 4) is 6.07 Å². The summed E-state index contributed by atoms with van der Waals surface area (Å²) in [6.07, 6.45) is 2.70. The van der Waals surface area contributed by atoms with Crippen LogP contribution in [0, 0.1) is 18.3 Å². The Morgan fingerprint density at radius 3 is 2.94 bits per heavy atom. The van der Waals surface area contributed by atoms with E-state index in [1.54, 1.807) is 6.07 Å². The summed E-state index contributed by atoms with van der Waals surface area (Å²) in [6.45, 7) is 1.85. The molecule has 0 aliphatic rings. The van der Waals surface area contributed by atoms with Crippen LogP contribution in [0.4, 0.5) is 5.69 Å². The molecule has 1 aromatic rings. The second kappa shape index (κ2) is 5.56. The number of methoxy groups -OCH3 is 1. The van der Waals surface area contributed by atoms with Gasteiger partial charge in [0.25, 0.3) is 0 Å². The largest absolute Gasteiger partial charge is 0.466 e. The third-order valence-corrected chi connectivity index (χ3v) is 2.04. The average molecular weight is 216 g/mol. The minimum absolute atomic E-state index is 0.446. The van der Waals surface area contributed by atoms with Gasteiger partial charge in [0, 0.05) is 12.3 Å². The molecule has 0 atom stereocenters. The summed E-state index contributed by atoms with van der Waals surface area (Å²) >= 11 is 0. The number of nitriles is 1. The van der Waals surface area contributed by atoms with Crippen molar-refractivity contribution in [1.82, 2.24) is 0 Å². The third-order valence-electron chi connectivity index (χ3n) is 2.04. The number of esters is 1. The van der Waals surface area contributed by atoms with Gasteiger partial charge in [0.15, 0.2) is 0 Å². The number of nitrogens with zero attached hydrogens (tertiary/aromatic N) is 1. The molecule has 1 rings (SSSR count). The van der Waals surface area contributed by atoms with Gasteiger partial charge in [0.1, 0.15) is 6.07 Å². The fourth-order valence-corrected chi connectivity index (χ4v) is 1.20. The lowest BCUT2D eigenvalue weighted by molar-refractivity contribution is -0.134. The molecule has 16 heavy (non-hydrogen) atoms. The maximum Gasteiger partial charge on any atom is 0.331 e. The maximum atomic E-state index is 10.8. The van der Waals surface area contributed by atoms with Crippen LogP contribution in [0.1, 0.15) is 11.1 Å². The van der Waals surface area contributed by atoms with Gasteiger partial charge in [-0.15, -0.1) is 0 Å². The van der Waals surface area contributed by atoms with Crippen molar-refractivity contribution in [3.63, 3.8) is 0 Å². The Morgan fingerprint density at radius 1 is 1.56 bits per heavy atom. The first-order valence-corrected chi connectivity index (χ1v) is 4.69. The lowest BCUT2D eigenvalue weighted by Crippen LogP contribution is -1.98. The van der Waals surface area contributed by atoms with E-state index in [0.717, 1.165) is 5.56 Å². The second-order valence-corrected chi connectivity index (χ2v) is 3.11. The molecule has 0 aliphatic carbocycles. The van der Waals surface area contributed by atoms with Crippen LogP contribution in [-0.2, 0) is 9.53 Å². The summed E-state index contributed by atoms with van der Waals surface area (Å²) in [4.78, 5) is 10.8. The molecule has 0 radical (unpaired) electrons. The van der Waals surface area contributed by atoms with E-state index in [2.05, 4.69) is 16.1 Å². The second-order valence-electron chi connectivity index (χ2n) is 3.11. The summed E-state index contributed by atoms with van der Waals surface area (Å²) in [5, 5.41) is 11.8. The Kier molecular flexibility index (Phi) is 4.10. The van der Waals surface area contributed by atoms with Gasteiger partial charge in [-0.3, -0.25) is 0 Å². The molecule has 82 valence electrons. The highest BCUT2D eigenvalue weighted by atomic mass is 16.5. The summed E-state index contributed by atoms with van der Waals surface area (Å²) in [5.74, 6) is -0.446. The number of hydrogen-bond donors (Lipinski definition) is 1. The molecular formula is C12H12N2O2. The molecule has 0 bridgehead atoms. The summed E-state index contributed by atoms with van der Waals surface area (Å²) < 4.78 is 4.44. The predicted octanol–water partition coefficient (Wildman–Crippen LogP) is 1.97. The van der Waals surface area contributed by atoms with Crippen LogP contribution < -0.4 is 5.32 Å². The fourth-order valence-electron chi connectivity index (χ4n) is 1.20. The van der Waals surface area contributed by atoms with Crippen molar-refractivity contribution in [3.05, 3.63) is 41.6 Å². The normalized spacial score (nSPS) is 9.81. The lowest BCUT2D eigenvalue weighted by Gasteiger charge is -2.05.